The van der Waals surface area contributed by atoms with Crippen LogP contribution in [0.5, 0.6) is 0 Å². The Morgan fingerprint density at radius 1 is 1.12 bits per heavy atom. The molecular weight excluding hydrogens is 234 g/mol. The molecule has 0 radical (unpaired) electrons. The summed E-state index contributed by atoms with van der Waals surface area (Å²) in [4.78, 5) is 0.388. The first-order valence-corrected chi connectivity index (χ1v) is 7.46. The highest BCUT2D eigenvalue weighted by Gasteiger charge is 2.17. The van der Waals surface area contributed by atoms with Crippen LogP contribution in [-0.2, 0) is 15.3 Å². The Morgan fingerprint density at radius 3 is 2.06 bits per heavy atom. The van der Waals surface area contributed by atoms with E-state index in [9.17, 15) is 8.42 Å². The second-order valence-electron chi connectivity index (χ2n) is 5.24. The smallest absolute Gasteiger partial charge is 0.178 e. The fourth-order valence-corrected chi connectivity index (χ4v) is 2.89. The van der Waals surface area contributed by atoms with Gasteiger partial charge in [0.15, 0.2) is 9.84 Å². The summed E-state index contributed by atoms with van der Waals surface area (Å²) in [7, 11) is -3.16. The molecule has 0 fully saturated rings. The van der Waals surface area contributed by atoms with E-state index < -0.39 is 9.84 Å². The van der Waals surface area contributed by atoms with Crippen molar-refractivity contribution in [2.45, 2.75) is 37.5 Å². The highest BCUT2D eigenvalue weighted by atomic mass is 32.2. The highest BCUT2D eigenvalue weighted by molar-refractivity contribution is 7.91. The van der Waals surface area contributed by atoms with Gasteiger partial charge in [-0.05, 0) is 36.1 Å². The van der Waals surface area contributed by atoms with Crippen LogP contribution in [-0.4, -0.2) is 20.7 Å². The predicted octanol–water partition coefficient (Wildman–Crippen LogP) is 2.11. The summed E-state index contributed by atoms with van der Waals surface area (Å²) in [5, 5.41) is 0. The quantitative estimate of drug-likeness (QED) is 0.896. The summed E-state index contributed by atoms with van der Waals surface area (Å²) in [6.07, 6.45) is 0.503. The van der Waals surface area contributed by atoms with Gasteiger partial charge in [0, 0.05) is 0 Å². The molecule has 0 atom stereocenters. The van der Waals surface area contributed by atoms with Crippen molar-refractivity contribution in [2.75, 3.05) is 12.3 Å². The lowest BCUT2D eigenvalue weighted by Crippen LogP contribution is -2.13. The third kappa shape index (κ3) is 3.82. The van der Waals surface area contributed by atoms with E-state index in [2.05, 4.69) is 20.8 Å². The first kappa shape index (κ1) is 14.2. The fraction of sp³-hybridized carbons (Fsp3) is 0.538. The molecule has 1 aromatic rings. The Balaban J connectivity index is 2.95. The number of hydrogen-bond acceptors (Lipinski definition) is 3. The summed E-state index contributed by atoms with van der Waals surface area (Å²) >= 11 is 0. The van der Waals surface area contributed by atoms with Crippen LogP contribution in [0.15, 0.2) is 29.2 Å². The van der Waals surface area contributed by atoms with E-state index in [-0.39, 0.29) is 11.2 Å². The lowest BCUT2D eigenvalue weighted by atomic mass is 9.87. The van der Waals surface area contributed by atoms with Gasteiger partial charge < -0.3 is 5.73 Å². The van der Waals surface area contributed by atoms with Crippen LogP contribution >= 0.6 is 0 Å². The topological polar surface area (TPSA) is 60.2 Å². The van der Waals surface area contributed by atoms with Crippen LogP contribution in [0.25, 0.3) is 0 Å². The molecule has 1 rings (SSSR count). The molecule has 0 heterocycles. The first-order valence-electron chi connectivity index (χ1n) is 5.81. The van der Waals surface area contributed by atoms with Crippen molar-refractivity contribution in [3.8, 4) is 0 Å². The van der Waals surface area contributed by atoms with Gasteiger partial charge in [0.05, 0.1) is 10.6 Å². The molecule has 17 heavy (non-hydrogen) atoms. The number of hydrogen-bond donors (Lipinski definition) is 1. The van der Waals surface area contributed by atoms with Crippen molar-refractivity contribution in [1.29, 1.82) is 0 Å². The average Bonchev–Trinajstić information content (AvgIpc) is 2.25. The molecule has 0 aliphatic heterocycles. The van der Waals surface area contributed by atoms with Crippen LogP contribution in [0.4, 0.5) is 0 Å². The van der Waals surface area contributed by atoms with Gasteiger partial charge in [-0.2, -0.15) is 0 Å². The van der Waals surface area contributed by atoms with E-state index in [0.29, 0.717) is 17.9 Å². The standard InChI is InChI=1S/C13H21NO2S/c1-13(2,3)11-5-7-12(8-6-11)17(15,16)10-4-9-14/h5-8H,4,9-10,14H2,1-3H3. The molecular formula is C13H21NO2S. The lowest BCUT2D eigenvalue weighted by Gasteiger charge is -2.19. The molecule has 0 spiro atoms. The first-order chi connectivity index (χ1) is 7.77. The van der Waals surface area contributed by atoms with Gasteiger partial charge in [0.25, 0.3) is 0 Å². The predicted molar refractivity (Wildman–Crippen MR) is 70.9 cm³/mol. The molecule has 0 unspecified atom stereocenters. The second-order valence-corrected chi connectivity index (χ2v) is 7.34. The maximum Gasteiger partial charge on any atom is 0.178 e. The van der Waals surface area contributed by atoms with Crippen molar-refractivity contribution in [1.82, 2.24) is 0 Å². The minimum Gasteiger partial charge on any atom is -0.330 e. The van der Waals surface area contributed by atoms with E-state index in [1.54, 1.807) is 12.1 Å². The van der Waals surface area contributed by atoms with Crippen molar-refractivity contribution < 1.29 is 8.42 Å². The van der Waals surface area contributed by atoms with E-state index in [1.165, 1.54) is 0 Å². The van der Waals surface area contributed by atoms with Crippen LogP contribution in [0.2, 0.25) is 0 Å². The molecule has 2 N–H and O–H groups in total. The summed E-state index contributed by atoms with van der Waals surface area (Å²) in [5.41, 5.74) is 6.51. The summed E-state index contributed by atoms with van der Waals surface area (Å²) in [6.45, 7) is 6.71. The normalized spacial score (nSPS) is 12.7. The number of sulfone groups is 1. The molecule has 0 aliphatic rings. The number of benzene rings is 1. The van der Waals surface area contributed by atoms with Gasteiger partial charge >= 0.3 is 0 Å². The summed E-state index contributed by atoms with van der Waals surface area (Å²) in [6, 6.07) is 7.14. The van der Waals surface area contributed by atoms with Gasteiger partial charge in [-0.3, -0.25) is 0 Å². The molecule has 0 amide bonds. The molecule has 4 heteroatoms. The van der Waals surface area contributed by atoms with Gasteiger partial charge in [-0.15, -0.1) is 0 Å². The highest BCUT2D eigenvalue weighted by Crippen LogP contribution is 2.23. The van der Waals surface area contributed by atoms with Gasteiger partial charge in [-0.1, -0.05) is 32.9 Å². The molecule has 0 aliphatic carbocycles. The Labute approximate surface area is 104 Å². The van der Waals surface area contributed by atoms with Crippen LogP contribution in [0.1, 0.15) is 32.8 Å². The number of rotatable bonds is 4. The second kappa shape index (κ2) is 5.19. The zero-order chi connectivity index (χ0) is 13.1. The molecule has 1 aromatic carbocycles. The van der Waals surface area contributed by atoms with E-state index in [0.717, 1.165) is 5.56 Å². The third-order valence-corrected chi connectivity index (χ3v) is 4.51. The maximum absolute atomic E-state index is 11.9. The van der Waals surface area contributed by atoms with E-state index in [4.69, 9.17) is 5.73 Å². The average molecular weight is 255 g/mol. The zero-order valence-electron chi connectivity index (χ0n) is 10.7. The third-order valence-electron chi connectivity index (χ3n) is 2.70. The molecule has 0 saturated heterocycles. The Hall–Kier alpha value is -0.870. The van der Waals surface area contributed by atoms with Crippen LogP contribution in [0.3, 0.4) is 0 Å². The number of nitrogens with two attached hydrogens (primary N) is 1. The van der Waals surface area contributed by atoms with Crippen molar-refractivity contribution in [2.24, 2.45) is 5.73 Å². The molecule has 3 nitrogen and oxygen atoms in total. The van der Waals surface area contributed by atoms with Gasteiger partial charge in [0.2, 0.25) is 0 Å². The van der Waals surface area contributed by atoms with Crippen molar-refractivity contribution in [3.05, 3.63) is 29.8 Å². The minimum absolute atomic E-state index is 0.0412. The van der Waals surface area contributed by atoms with Crippen molar-refractivity contribution >= 4 is 9.84 Å². The summed E-state index contributed by atoms with van der Waals surface area (Å²) in [5.74, 6) is 0.123. The lowest BCUT2D eigenvalue weighted by molar-refractivity contribution is 0.585. The maximum atomic E-state index is 11.9. The van der Waals surface area contributed by atoms with Gasteiger partial charge in [0.1, 0.15) is 0 Å². The monoisotopic (exact) mass is 255 g/mol. The largest absolute Gasteiger partial charge is 0.330 e. The van der Waals surface area contributed by atoms with Crippen LogP contribution in [0, 0.1) is 0 Å². The molecule has 0 saturated carbocycles. The van der Waals surface area contributed by atoms with Gasteiger partial charge in [-0.25, -0.2) is 8.42 Å². The van der Waals surface area contributed by atoms with Crippen molar-refractivity contribution in [3.63, 3.8) is 0 Å². The van der Waals surface area contributed by atoms with E-state index in [1.807, 2.05) is 12.1 Å². The minimum atomic E-state index is -3.16. The fourth-order valence-electron chi connectivity index (χ4n) is 1.55. The molecule has 0 bridgehead atoms. The van der Waals surface area contributed by atoms with Crippen LogP contribution < -0.4 is 5.73 Å². The summed E-state index contributed by atoms with van der Waals surface area (Å²) < 4.78 is 23.8. The Bertz CT molecular complexity index is 455. The molecule has 96 valence electrons. The van der Waals surface area contributed by atoms with E-state index >= 15 is 0 Å². The Morgan fingerprint density at radius 2 is 1.65 bits per heavy atom. The SMILES string of the molecule is CC(C)(C)c1ccc(S(=O)(=O)CCCN)cc1. The zero-order valence-corrected chi connectivity index (χ0v) is 11.5. The molecule has 0 aromatic heterocycles. The Kier molecular flexibility index (Phi) is 4.33.